The number of benzene rings is 3. The highest BCUT2D eigenvalue weighted by Crippen LogP contribution is 2.44. The van der Waals surface area contributed by atoms with E-state index >= 15 is 0 Å². The molecule has 0 atom stereocenters. The number of alkyl carbamates (subject to hydrolysis) is 1. The highest BCUT2D eigenvalue weighted by atomic mass is 16.6. The summed E-state index contributed by atoms with van der Waals surface area (Å²) in [5.41, 5.74) is 7.42. The Morgan fingerprint density at radius 2 is 1.45 bits per heavy atom. The van der Waals surface area contributed by atoms with Crippen LogP contribution in [0.15, 0.2) is 83.9 Å². The van der Waals surface area contributed by atoms with Gasteiger partial charge in [-0.2, -0.15) is 0 Å². The molecule has 0 unspecified atom stereocenters. The Hall–Kier alpha value is -4.70. The van der Waals surface area contributed by atoms with E-state index in [0.717, 1.165) is 27.8 Å². The van der Waals surface area contributed by atoms with Crippen LogP contribution >= 0.6 is 0 Å². The van der Waals surface area contributed by atoms with Crippen LogP contribution in [0.2, 0.25) is 0 Å². The van der Waals surface area contributed by atoms with E-state index in [-0.39, 0.29) is 32.2 Å². The molecule has 4 rings (SSSR count). The number of amidine groups is 1. The lowest BCUT2D eigenvalue weighted by Gasteiger charge is -2.22. The predicted molar refractivity (Wildman–Crippen MR) is 168 cm³/mol. The number of nitrogens with zero attached hydrogens (tertiary/aromatic N) is 2. The first kappa shape index (κ1) is 32.2. The van der Waals surface area contributed by atoms with Gasteiger partial charge in [0.15, 0.2) is 0 Å². The lowest BCUT2D eigenvalue weighted by atomic mass is 9.98. The van der Waals surface area contributed by atoms with Crippen molar-refractivity contribution in [3.05, 3.63) is 95.6 Å². The summed E-state index contributed by atoms with van der Waals surface area (Å²) in [4.78, 5) is 42.0. The summed E-state index contributed by atoms with van der Waals surface area (Å²) >= 11 is 0. The largest absolute Gasteiger partial charge is 0.460 e. The molecular weight excluding hydrogens is 560 g/mol. The quantitative estimate of drug-likeness (QED) is 0.0711. The Bertz CT molecular complexity index is 1420. The second kappa shape index (κ2) is 15.2. The molecule has 0 saturated heterocycles. The zero-order chi connectivity index (χ0) is 31.5. The monoisotopic (exact) mass is 600 g/mol. The molecule has 44 heavy (non-hydrogen) atoms. The molecule has 0 bridgehead atoms. The fourth-order valence-corrected chi connectivity index (χ4v) is 4.87. The maximum atomic E-state index is 13.0. The minimum absolute atomic E-state index is 0.0905. The topological polar surface area (TPSA) is 119 Å². The number of nitrogens with one attached hydrogen (secondary N) is 2. The van der Waals surface area contributed by atoms with Crippen molar-refractivity contribution >= 4 is 24.0 Å². The maximum absolute atomic E-state index is 13.0. The molecule has 2 N–H and O–H groups in total. The zero-order valence-corrected chi connectivity index (χ0v) is 25.7. The Labute approximate surface area is 258 Å². The number of ether oxygens (including phenoxy) is 3. The van der Waals surface area contributed by atoms with Gasteiger partial charge in [-0.3, -0.25) is 20.5 Å². The van der Waals surface area contributed by atoms with E-state index in [1.807, 2.05) is 54.6 Å². The number of carbonyl (C=O) groups excluding carboxylic acids is 3. The van der Waals surface area contributed by atoms with Crippen molar-refractivity contribution < 1.29 is 28.6 Å². The fourth-order valence-electron chi connectivity index (χ4n) is 4.87. The molecule has 0 fully saturated rings. The van der Waals surface area contributed by atoms with Crippen molar-refractivity contribution in [3.63, 3.8) is 0 Å². The van der Waals surface area contributed by atoms with Crippen LogP contribution < -0.4 is 10.7 Å². The van der Waals surface area contributed by atoms with Crippen LogP contribution in [0.5, 0.6) is 0 Å². The molecule has 0 saturated carbocycles. The van der Waals surface area contributed by atoms with Crippen LogP contribution in [0.1, 0.15) is 56.7 Å². The third-order valence-corrected chi connectivity index (χ3v) is 6.77. The molecule has 232 valence electrons. The van der Waals surface area contributed by atoms with Gasteiger partial charge in [-0.25, -0.2) is 14.6 Å². The van der Waals surface area contributed by atoms with Crippen LogP contribution in [0.25, 0.3) is 11.1 Å². The lowest BCUT2D eigenvalue weighted by Crippen LogP contribution is -2.46. The highest BCUT2D eigenvalue weighted by Gasteiger charge is 2.29. The van der Waals surface area contributed by atoms with Crippen molar-refractivity contribution in [2.45, 2.75) is 52.2 Å². The van der Waals surface area contributed by atoms with E-state index in [4.69, 9.17) is 14.2 Å². The number of rotatable bonds is 11. The number of esters is 1. The van der Waals surface area contributed by atoms with E-state index in [2.05, 4.69) is 40.0 Å². The van der Waals surface area contributed by atoms with E-state index in [0.29, 0.717) is 18.8 Å². The average Bonchev–Trinajstić information content (AvgIpc) is 3.30. The lowest BCUT2D eigenvalue weighted by molar-refractivity contribution is -0.146. The molecule has 0 aromatic heterocycles. The SMILES string of the molecule is CC(=NCCCN(CC(=O)OCc1ccccc1)NC(=O)OCC1c2ccccc2-c2ccccc21)NC(=O)OC(C)(C)C. The minimum Gasteiger partial charge on any atom is -0.460 e. The first-order chi connectivity index (χ1) is 21.1. The average molecular weight is 601 g/mol. The minimum atomic E-state index is -0.672. The third kappa shape index (κ3) is 9.67. The smallest absolute Gasteiger partial charge is 0.421 e. The number of aliphatic imine (C=N–C) groups is 1. The van der Waals surface area contributed by atoms with Crippen LogP contribution in [0.3, 0.4) is 0 Å². The van der Waals surface area contributed by atoms with Gasteiger partial charge < -0.3 is 14.2 Å². The van der Waals surface area contributed by atoms with Gasteiger partial charge in [0.25, 0.3) is 0 Å². The summed E-state index contributed by atoms with van der Waals surface area (Å²) < 4.78 is 16.3. The van der Waals surface area contributed by atoms with Gasteiger partial charge in [-0.15, -0.1) is 0 Å². The van der Waals surface area contributed by atoms with Crippen LogP contribution in [0, 0.1) is 0 Å². The molecule has 0 radical (unpaired) electrons. The van der Waals surface area contributed by atoms with Gasteiger partial charge in [0.05, 0.1) is 0 Å². The van der Waals surface area contributed by atoms with E-state index in [1.165, 1.54) is 5.01 Å². The van der Waals surface area contributed by atoms with E-state index < -0.39 is 23.8 Å². The number of hydrogen-bond donors (Lipinski definition) is 2. The van der Waals surface area contributed by atoms with Crippen molar-refractivity contribution in [1.82, 2.24) is 15.8 Å². The van der Waals surface area contributed by atoms with Crippen molar-refractivity contribution in [2.24, 2.45) is 4.99 Å². The second-order valence-corrected chi connectivity index (χ2v) is 11.5. The van der Waals surface area contributed by atoms with Crippen molar-refractivity contribution in [2.75, 3.05) is 26.2 Å². The van der Waals surface area contributed by atoms with Crippen molar-refractivity contribution in [1.29, 1.82) is 0 Å². The third-order valence-electron chi connectivity index (χ3n) is 6.77. The number of hydrogen-bond acceptors (Lipinski definition) is 8. The van der Waals surface area contributed by atoms with Gasteiger partial charge in [0.2, 0.25) is 0 Å². The number of carbonyl (C=O) groups is 3. The van der Waals surface area contributed by atoms with Crippen LogP contribution in [-0.4, -0.2) is 60.8 Å². The normalized spacial score (nSPS) is 12.7. The summed E-state index contributed by atoms with van der Waals surface area (Å²) in [5.74, 6) is -0.191. The highest BCUT2D eigenvalue weighted by molar-refractivity contribution is 5.93. The van der Waals surface area contributed by atoms with E-state index in [1.54, 1.807) is 27.7 Å². The van der Waals surface area contributed by atoms with Crippen LogP contribution in [-0.2, 0) is 25.6 Å². The summed E-state index contributed by atoms with van der Waals surface area (Å²) in [6.07, 6.45) is -0.782. The van der Waals surface area contributed by atoms with Gasteiger partial charge in [-0.1, -0.05) is 78.9 Å². The number of fused-ring (bicyclic) bond motifs is 3. The first-order valence-corrected chi connectivity index (χ1v) is 14.7. The van der Waals surface area contributed by atoms with E-state index in [9.17, 15) is 14.4 Å². The Balaban J connectivity index is 1.33. The molecule has 0 spiro atoms. The molecule has 0 aliphatic heterocycles. The molecule has 10 heteroatoms. The Morgan fingerprint density at radius 1 is 0.841 bits per heavy atom. The van der Waals surface area contributed by atoms with Crippen LogP contribution in [0.4, 0.5) is 9.59 Å². The molecule has 10 nitrogen and oxygen atoms in total. The molecule has 3 aromatic rings. The second-order valence-electron chi connectivity index (χ2n) is 11.5. The number of hydrazine groups is 1. The standard InChI is InChI=1S/C34H40N4O6/c1-24(36-32(40)44-34(2,3)4)35-19-12-20-38(21-31(39)42-22-25-13-6-5-7-14-25)37-33(41)43-23-30-28-17-10-8-15-26(28)27-16-9-11-18-29(27)30/h5-11,13-18,30H,12,19-23H2,1-4H3,(H,37,41)(H,35,36,40). The maximum Gasteiger partial charge on any atom is 0.421 e. The van der Waals surface area contributed by atoms with Gasteiger partial charge in [0, 0.05) is 19.0 Å². The predicted octanol–water partition coefficient (Wildman–Crippen LogP) is 5.82. The Morgan fingerprint density at radius 3 is 2.09 bits per heavy atom. The summed E-state index contributed by atoms with van der Waals surface area (Å²) in [7, 11) is 0. The Kier molecular flexibility index (Phi) is 11.1. The molecular formula is C34H40N4O6. The van der Waals surface area contributed by atoms with Gasteiger partial charge in [-0.05, 0) is 61.9 Å². The fraction of sp³-hybridized carbons (Fsp3) is 0.353. The summed E-state index contributed by atoms with van der Waals surface area (Å²) in [5, 5.41) is 4.05. The molecule has 1 aliphatic rings. The summed E-state index contributed by atoms with van der Waals surface area (Å²) in [6.45, 7) is 7.71. The summed E-state index contributed by atoms with van der Waals surface area (Å²) in [6, 6.07) is 25.6. The number of amides is 2. The molecule has 0 heterocycles. The van der Waals surface area contributed by atoms with Gasteiger partial charge >= 0.3 is 18.2 Å². The first-order valence-electron chi connectivity index (χ1n) is 14.7. The van der Waals surface area contributed by atoms with Gasteiger partial charge in [0.1, 0.15) is 31.2 Å². The molecule has 3 aromatic carbocycles. The zero-order valence-electron chi connectivity index (χ0n) is 25.7. The van der Waals surface area contributed by atoms with Crippen molar-refractivity contribution in [3.8, 4) is 11.1 Å². The molecule has 1 aliphatic carbocycles. The molecule has 2 amide bonds.